The Kier molecular flexibility index (Phi) is 6.38. The monoisotopic (exact) mass is 338 g/mol. The second-order valence-corrected chi connectivity index (χ2v) is 5.67. The maximum Gasteiger partial charge on any atom is 0.255 e. The molecule has 1 aliphatic heterocycles. The van der Waals surface area contributed by atoms with Gasteiger partial charge in [0.1, 0.15) is 0 Å². The van der Waals surface area contributed by atoms with Crippen LogP contribution in [-0.2, 0) is 0 Å². The van der Waals surface area contributed by atoms with Gasteiger partial charge in [-0.3, -0.25) is 4.79 Å². The summed E-state index contributed by atoms with van der Waals surface area (Å²) in [6.07, 6.45) is 1.81. The van der Waals surface area contributed by atoms with Crippen LogP contribution in [0, 0.1) is 17.6 Å². The molecule has 1 aliphatic rings. The lowest BCUT2D eigenvalue weighted by Gasteiger charge is -2.34. The molecule has 7 heteroatoms. The first-order valence-corrected chi connectivity index (χ1v) is 6.97. The molecule has 1 aromatic rings. The highest BCUT2D eigenvalue weighted by Crippen LogP contribution is 2.25. The van der Waals surface area contributed by atoms with E-state index in [0.29, 0.717) is 13.1 Å². The Labute approximate surface area is 133 Å². The number of hydrogen-bond acceptors (Lipinski definition) is 2. The minimum Gasteiger partial charge on any atom is -0.338 e. The van der Waals surface area contributed by atoms with Gasteiger partial charge in [0.05, 0.1) is 10.6 Å². The minimum atomic E-state index is -1.07. The molecule has 1 saturated heterocycles. The fraction of sp³-hybridized carbons (Fsp3) is 0.500. The molecule has 118 valence electrons. The van der Waals surface area contributed by atoms with E-state index in [-0.39, 0.29) is 40.9 Å². The third-order valence-corrected chi connectivity index (χ3v) is 4.04. The smallest absolute Gasteiger partial charge is 0.255 e. The number of carbonyl (C=O) groups is 1. The summed E-state index contributed by atoms with van der Waals surface area (Å²) in [4.78, 5) is 14.0. The van der Waals surface area contributed by atoms with Crippen molar-refractivity contribution >= 4 is 29.9 Å². The Balaban J connectivity index is 0.00000220. The summed E-state index contributed by atoms with van der Waals surface area (Å²) in [7, 11) is 0. The number of rotatable bonds is 2. The number of piperidine rings is 1. The minimum absolute atomic E-state index is 0. The molecule has 2 unspecified atom stereocenters. The molecule has 2 rings (SSSR count). The van der Waals surface area contributed by atoms with E-state index in [9.17, 15) is 13.6 Å². The molecule has 0 saturated carbocycles. The van der Waals surface area contributed by atoms with Crippen molar-refractivity contribution < 1.29 is 13.6 Å². The van der Waals surface area contributed by atoms with Gasteiger partial charge in [-0.15, -0.1) is 12.4 Å². The molecule has 3 nitrogen and oxygen atoms in total. The summed E-state index contributed by atoms with van der Waals surface area (Å²) in [5.74, 6) is -2.28. The molecular formula is C14H18Cl2F2N2O. The molecule has 1 heterocycles. The maximum atomic E-state index is 13.3. The fourth-order valence-corrected chi connectivity index (χ4v) is 2.71. The van der Waals surface area contributed by atoms with Crippen molar-refractivity contribution in [2.75, 3.05) is 13.1 Å². The highest BCUT2D eigenvalue weighted by atomic mass is 35.5. The normalized spacial score (nSPS) is 19.9. The number of hydrogen-bond donors (Lipinski definition) is 1. The molecule has 0 radical (unpaired) electrons. The van der Waals surface area contributed by atoms with Crippen molar-refractivity contribution in [1.29, 1.82) is 0 Å². The summed E-state index contributed by atoms with van der Waals surface area (Å²) < 4.78 is 26.3. The van der Waals surface area contributed by atoms with Crippen molar-refractivity contribution in [3.8, 4) is 0 Å². The van der Waals surface area contributed by atoms with Gasteiger partial charge in [-0.25, -0.2) is 8.78 Å². The average Bonchev–Trinajstić information content (AvgIpc) is 2.42. The second kappa shape index (κ2) is 7.38. The van der Waals surface area contributed by atoms with Crippen molar-refractivity contribution in [2.24, 2.45) is 11.7 Å². The summed E-state index contributed by atoms with van der Waals surface area (Å²) in [6.45, 7) is 3.01. The van der Waals surface area contributed by atoms with E-state index in [4.69, 9.17) is 17.3 Å². The third-order valence-electron chi connectivity index (χ3n) is 3.73. The lowest BCUT2D eigenvalue weighted by atomic mass is 9.92. The highest BCUT2D eigenvalue weighted by molar-refractivity contribution is 6.33. The zero-order chi connectivity index (χ0) is 14.9. The van der Waals surface area contributed by atoms with E-state index >= 15 is 0 Å². The van der Waals surface area contributed by atoms with E-state index in [1.807, 2.05) is 6.92 Å². The summed E-state index contributed by atoms with van der Waals surface area (Å²) in [6, 6.07) is 1.68. The number of likely N-dealkylation sites (tertiary alicyclic amines) is 1. The molecule has 0 aromatic heterocycles. The van der Waals surface area contributed by atoms with Crippen molar-refractivity contribution in [2.45, 2.75) is 25.8 Å². The Morgan fingerprint density at radius 3 is 2.67 bits per heavy atom. The summed E-state index contributed by atoms with van der Waals surface area (Å²) in [5, 5.41) is -0.0724. The molecule has 0 aliphatic carbocycles. The van der Waals surface area contributed by atoms with Crippen LogP contribution in [0.1, 0.15) is 30.1 Å². The van der Waals surface area contributed by atoms with Crippen LogP contribution in [0.25, 0.3) is 0 Å². The standard InChI is InChI=1S/C14H17ClF2N2O.ClH/c1-8(18)9-3-2-4-19(7-9)14(20)10-5-12(16)13(17)6-11(10)15;/h5-6,8-9H,2-4,7,18H2,1H3;1H. The molecule has 2 atom stereocenters. The maximum absolute atomic E-state index is 13.3. The van der Waals surface area contributed by atoms with Gasteiger partial charge in [0.15, 0.2) is 11.6 Å². The van der Waals surface area contributed by atoms with Gasteiger partial charge in [-0.1, -0.05) is 11.6 Å². The first kappa shape index (κ1) is 18.1. The lowest BCUT2D eigenvalue weighted by molar-refractivity contribution is 0.0660. The highest BCUT2D eigenvalue weighted by Gasteiger charge is 2.28. The number of amides is 1. The number of benzene rings is 1. The van der Waals surface area contributed by atoms with Gasteiger partial charge in [-0.05, 0) is 37.8 Å². The fourth-order valence-electron chi connectivity index (χ4n) is 2.48. The second-order valence-electron chi connectivity index (χ2n) is 5.26. The van der Waals surface area contributed by atoms with Crippen molar-refractivity contribution in [3.63, 3.8) is 0 Å². The van der Waals surface area contributed by atoms with Gasteiger partial charge in [0, 0.05) is 19.1 Å². The Morgan fingerprint density at radius 1 is 1.43 bits per heavy atom. The van der Waals surface area contributed by atoms with Crippen molar-refractivity contribution in [3.05, 3.63) is 34.4 Å². The third kappa shape index (κ3) is 4.05. The number of nitrogens with zero attached hydrogens (tertiary/aromatic N) is 1. The van der Waals surface area contributed by atoms with Crippen LogP contribution in [0.15, 0.2) is 12.1 Å². The van der Waals surface area contributed by atoms with Gasteiger partial charge in [-0.2, -0.15) is 0 Å². The van der Waals surface area contributed by atoms with Crippen LogP contribution >= 0.6 is 24.0 Å². The predicted molar refractivity (Wildman–Crippen MR) is 80.9 cm³/mol. The van der Waals surface area contributed by atoms with E-state index in [1.165, 1.54) is 0 Å². The molecule has 21 heavy (non-hydrogen) atoms. The predicted octanol–water partition coefficient (Wildman–Crippen LogP) is 3.24. The summed E-state index contributed by atoms with van der Waals surface area (Å²) >= 11 is 5.84. The van der Waals surface area contributed by atoms with Crippen LogP contribution in [0.3, 0.4) is 0 Å². The molecule has 1 fully saturated rings. The van der Waals surface area contributed by atoms with Gasteiger partial charge in [0.2, 0.25) is 0 Å². The lowest BCUT2D eigenvalue weighted by Crippen LogP contribution is -2.45. The molecular weight excluding hydrogens is 321 g/mol. The Morgan fingerprint density at radius 2 is 2.05 bits per heavy atom. The largest absolute Gasteiger partial charge is 0.338 e. The molecule has 1 aromatic carbocycles. The SMILES string of the molecule is CC(N)C1CCCN(C(=O)c2cc(F)c(F)cc2Cl)C1.Cl. The van der Waals surface area contributed by atoms with E-state index in [0.717, 1.165) is 25.0 Å². The van der Waals surface area contributed by atoms with Crippen LogP contribution in [0.2, 0.25) is 5.02 Å². The Hall–Kier alpha value is -0.910. The molecule has 1 amide bonds. The molecule has 2 N–H and O–H groups in total. The quantitative estimate of drug-likeness (QED) is 0.841. The van der Waals surface area contributed by atoms with E-state index in [2.05, 4.69) is 0 Å². The number of nitrogens with two attached hydrogens (primary N) is 1. The molecule has 0 spiro atoms. The average molecular weight is 339 g/mol. The van der Waals surface area contributed by atoms with Gasteiger partial charge >= 0.3 is 0 Å². The zero-order valence-corrected chi connectivity index (χ0v) is 13.2. The number of halogens is 4. The molecule has 0 bridgehead atoms. The number of carbonyl (C=O) groups excluding carboxylic acids is 1. The Bertz CT molecular complexity index is 526. The topological polar surface area (TPSA) is 46.3 Å². The van der Waals surface area contributed by atoms with Crippen molar-refractivity contribution in [1.82, 2.24) is 4.90 Å². The van der Waals surface area contributed by atoms with E-state index in [1.54, 1.807) is 4.90 Å². The summed E-state index contributed by atoms with van der Waals surface area (Å²) in [5.41, 5.74) is 5.86. The first-order valence-electron chi connectivity index (χ1n) is 6.59. The first-order chi connectivity index (χ1) is 9.40. The van der Waals surface area contributed by atoms with Crippen LogP contribution in [0.5, 0.6) is 0 Å². The van der Waals surface area contributed by atoms with Crippen LogP contribution < -0.4 is 5.73 Å². The van der Waals surface area contributed by atoms with E-state index < -0.39 is 11.6 Å². The van der Waals surface area contributed by atoms with Crippen LogP contribution in [-0.4, -0.2) is 29.9 Å². The van der Waals surface area contributed by atoms with Gasteiger partial charge in [0.25, 0.3) is 5.91 Å². The van der Waals surface area contributed by atoms with Gasteiger partial charge < -0.3 is 10.6 Å². The van der Waals surface area contributed by atoms with Crippen LogP contribution in [0.4, 0.5) is 8.78 Å². The zero-order valence-electron chi connectivity index (χ0n) is 11.6.